The molecule has 0 heterocycles. The molecule has 0 aliphatic carbocycles. The Morgan fingerprint density at radius 2 is 2.05 bits per heavy atom. The number of benzene rings is 2. The normalized spacial score (nSPS) is 10.2. The molecular weight excluding hydrogens is 306 g/mol. The van der Waals surface area contributed by atoms with Gasteiger partial charge in [0.15, 0.2) is 0 Å². The van der Waals surface area contributed by atoms with E-state index >= 15 is 0 Å². The predicted molar refractivity (Wildman–Crippen MR) is 85.3 cm³/mol. The van der Waals surface area contributed by atoms with Crippen molar-refractivity contribution in [2.24, 2.45) is 5.73 Å². The van der Waals surface area contributed by atoms with E-state index in [1.807, 2.05) is 6.07 Å². The van der Waals surface area contributed by atoms with Crippen LogP contribution in [-0.2, 0) is 6.42 Å². The maximum Gasteiger partial charge on any atom is 0.293 e. The van der Waals surface area contributed by atoms with E-state index in [1.54, 1.807) is 30.3 Å². The third-order valence-electron chi connectivity index (χ3n) is 3.10. The summed E-state index contributed by atoms with van der Waals surface area (Å²) >= 11 is 5.76. The fraction of sp³-hybridized carbons (Fsp3) is 0.133. The largest absolute Gasteiger partial charge is 0.379 e. The van der Waals surface area contributed by atoms with Crippen LogP contribution in [0.4, 0.5) is 11.4 Å². The van der Waals surface area contributed by atoms with E-state index in [-0.39, 0.29) is 5.69 Å². The summed E-state index contributed by atoms with van der Waals surface area (Å²) in [5.74, 6) is -0.483. The second-order valence-electron chi connectivity index (χ2n) is 4.66. The molecule has 1 amide bonds. The molecule has 2 aromatic carbocycles. The van der Waals surface area contributed by atoms with Crippen molar-refractivity contribution in [1.29, 1.82) is 0 Å². The van der Waals surface area contributed by atoms with Gasteiger partial charge in [0, 0.05) is 23.2 Å². The van der Waals surface area contributed by atoms with Gasteiger partial charge in [-0.1, -0.05) is 23.7 Å². The maximum absolute atomic E-state index is 11.1. The number of halogens is 1. The van der Waals surface area contributed by atoms with Gasteiger partial charge in [0.05, 0.1) is 4.92 Å². The number of nitro groups is 1. The van der Waals surface area contributed by atoms with Gasteiger partial charge in [-0.15, -0.1) is 0 Å². The van der Waals surface area contributed by atoms with Gasteiger partial charge in [-0.25, -0.2) is 0 Å². The molecule has 0 aliphatic rings. The lowest BCUT2D eigenvalue weighted by atomic mass is 10.1. The first kappa shape index (κ1) is 15.8. The molecule has 0 saturated carbocycles. The van der Waals surface area contributed by atoms with Crippen LogP contribution in [0.3, 0.4) is 0 Å². The number of carbonyl (C=O) groups excluding carboxylic acids is 1. The fourth-order valence-corrected chi connectivity index (χ4v) is 2.19. The molecule has 7 heteroatoms. The molecule has 114 valence electrons. The van der Waals surface area contributed by atoms with Crippen LogP contribution in [0.1, 0.15) is 15.9 Å². The van der Waals surface area contributed by atoms with Crippen LogP contribution >= 0.6 is 11.6 Å². The summed E-state index contributed by atoms with van der Waals surface area (Å²) in [6.07, 6.45) is 0.598. The van der Waals surface area contributed by atoms with Crippen molar-refractivity contribution in [2.75, 3.05) is 11.9 Å². The highest BCUT2D eigenvalue weighted by atomic mass is 35.5. The van der Waals surface area contributed by atoms with Gasteiger partial charge in [-0.2, -0.15) is 0 Å². The van der Waals surface area contributed by atoms with Crippen molar-refractivity contribution in [1.82, 2.24) is 0 Å². The second kappa shape index (κ2) is 6.91. The van der Waals surface area contributed by atoms with Crippen LogP contribution in [0.2, 0.25) is 5.02 Å². The van der Waals surface area contributed by atoms with Crippen LogP contribution in [0.25, 0.3) is 0 Å². The molecule has 2 aromatic rings. The zero-order chi connectivity index (χ0) is 16.1. The number of hydrogen-bond acceptors (Lipinski definition) is 4. The van der Waals surface area contributed by atoms with Crippen LogP contribution in [-0.4, -0.2) is 17.4 Å². The van der Waals surface area contributed by atoms with E-state index in [4.69, 9.17) is 17.3 Å². The minimum atomic E-state index is -0.484. The lowest BCUT2D eigenvalue weighted by Crippen LogP contribution is -2.12. The van der Waals surface area contributed by atoms with E-state index in [2.05, 4.69) is 5.32 Å². The summed E-state index contributed by atoms with van der Waals surface area (Å²) < 4.78 is 0. The number of nitro benzene ring substituents is 1. The minimum Gasteiger partial charge on any atom is -0.379 e. The van der Waals surface area contributed by atoms with Crippen molar-refractivity contribution < 1.29 is 9.72 Å². The Labute approximate surface area is 132 Å². The highest BCUT2D eigenvalue weighted by molar-refractivity contribution is 6.30. The lowest BCUT2D eigenvalue weighted by Gasteiger charge is -2.08. The molecule has 0 fully saturated rings. The molecule has 0 saturated heterocycles. The quantitative estimate of drug-likeness (QED) is 0.631. The number of carbonyl (C=O) groups is 1. The summed E-state index contributed by atoms with van der Waals surface area (Å²) in [7, 11) is 0. The average Bonchev–Trinajstić information content (AvgIpc) is 2.49. The Balaban J connectivity index is 2.04. The van der Waals surface area contributed by atoms with E-state index in [1.165, 1.54) is 6.07 Å². The van der Waals surface area contributed by atoms with Crippen molar-refractivity contribution >= 4 is 28.9 Å². The highest BCUT2D eigenvalue weighted by Gasteiger charge is 2.13. The van der Waals surface area contributed by atoms with E-state index < -0.39 is 10.8 Å². The summed E-state index contributed by atoms with van der Waals surface area (Å²) in [5.41, 5.74) is 6.92. The zero-order valence-corrected chi connectivity index (χ0v) is 12.3. The topological polar surface area (TPSA) is 98.3 Å². The van der Waals surface area contributed by atoms with Crippen molar-refractivity contribution in [3.63, 3.8) is 0 Å². The Hall–Kier alpha value is -2.60. The number of rotatable bonds is 6. The molecule has 0 unspecified atom stereocenters. The molecule has 0 bridgehead atoms. The van der Waals surface area contributed by atoms with Gasteiger partial charge in [-0.05, 0) is 36.2 Å². The fourth-order valence-electron chi connectivity index (χ4n) is 2.03. The molecule has 22 heavy (non-hydrogen) atoms. The zero-order valence-electron chi connectivity index (χ0n) is 11.6. The number of hydrogen-bond donors (Lipinski definition) is 2. The SMILES string of the molecule is NC(=O)c1cccc(CCNc2ccc(Cl)cc2[N+](=O)[O-])c1. The smallest absolute Gasteiger partial charge is 0.293 e. The molecule has 0 spiro atoms. The molecule has 0 aromatic heterocycles. The van der Waals surface area contributed by atoms with Crippen molar-refractivity contribution in [3.8, 4) is 0 Å². The maximum atomic E-state index is 11.1. The van der Waals surface area contributed by atoms with Gasteiger partial charge < -0.3 is 11.1 Å². The van der Waals surface area contributed by atoms with E-state index in [9.17, 15) is 14.9 Å². The summed E-state index contributed by atoms with van der Waals surface area (Å²) in [5, 5.41) is 14.3. The van der Waals surface area contributed by atoms with E-state index in [0.717, 1.165) is 5.56 Å². The summed E-state index contributed by atoms with van der Waals surface area (Å²) in [4.78, 5) is 21.6. The molecule has 0 atom stereocenters. The number of primary amides is 1. The molecule has 3 N–H and O–H groups in total. The Morgan fingerprint density at radius 1 is 1.27 bits per heavy atom. The highest BCUT2D eigenvalue weighted by Crippen LogP contribution is 2.27. The minimum absolute atomic E-state index is 0.0709. The average molecular weight is 320 g/mol. The number of amides is 1. The van der Waals surface area contributed by atoms with Crippen LogP contribution < -0.4 is 11.1 Å². The first-order chi connectivity index (χ1) is 10.5. The van der Waals surface area contributed by atoms with Gasteiger partial charge in [0.1, 0.15) is 5.69 Å². The number of nitrogens with zero attached hydrogens (tertiary/aromatic N) is 1. The third-order valence-corrected chi connectivity index (χ3v) is 3.33. The number of anilines is 1. The summed E-state index contributed by atoms with van der Waals surface area (Å²) in [6, 6.07) is 11.4. The first-order valence-corrected chi connectivity index (χ1v) is 6.92. The Kier molecular flexibility index (Phi) is 4.95. The van der Waals surface area contributed by atoms with Crippen molar-refractivity contribution in [3.05, 3.63) is 68.7 Å². The van der Waals surface area contributed by atoms with Gasteiger partial charge in [0.25, 0.3) is 5.69 Å². The van der Waals surface area contributed by atoms with Gasteiger partial charge >= 0.3 is 0 Å². The van der Waals surface area contributed by atoms with Crippen molar-refractivity contribution in [2.45, 2.75) is 6.42 Å². The Morgan fingerprint density at radius 3 is 2.73 bits per heavy atom. The molecule has 6 nitrogen and oxygen atoms in total. The van der Waals surface area contributed by atoms with Gasteiger partial charge in [0.2, 0.25) is 5.91 Å². The number of nitrogens with two attached hydrogens (primary N) is 1. The van der Waals surface area contributed by atoms with Crippen LogP contribution in [0.5, 0.6) is 0 Å². The predicted octanol–water partition coefficient (Wildman–Crippen LogP) is 3.00. The standard InChI is InChI=1S/C15H14ClN3O3/c16-12-4-5-13(14(9-12)19(21)22)18-7-6-10-2-1-3-11(8-10)15(17)20/h1-5,8-9,18H,6-7H2,(H2,17,20). The van der Waals surface area contributed by atoms with E-state index in [0.29, 0.717) is 29.2 Å². The number of nitrogens with one attached hydrogen (secondary N) is 1. The Bertz CT molecular complexity index is 719. The monoisotopic (exact) mass is 319 g/mol. The van der Waals surface area contributed by atoms with Crippen LogP contribution in [0.15, 0.2) is 42.5 Å². The molecule has 0 aliphatic heterocycles. The summed E-state index contributed by atoms with van der Waals surface area (Å²) in [6.45, 7) is 0.477. The molecule has 2 rings (SSSR count). The van der Waals surface area contributed by atoms with Crippen LogP contribution in [0, 0.1) is 10.1 Å². The lowest BCUT2D eigenvalue weighted by molar-refractivity contribution is -0.383. The van der Waals surface area contributed by atoms with Gasteiger partial charge in [-0.3, -0.25) is 14.9 Å². The second-order valence-corrected chi connectivity index (χ2v) is 5.10. The molecule has 0 radical (unpaired) electrons. The molecular formula is C15H14ClN3O3. The third kappa shape index (κ3) is 3.95. The first-order valence-electron chi connectivity index (χ1n) is 6.54.